The third-order valence-electron chi connectivity index (χ3n) is 3.96. The van der Waals surface area contributed by atoms with Crippen molar-refractivity contribution < 1.29 is 0 Å². The Morgan fingerprint density at radius 3 is 2.60 bits per heavy atom. The lowest BCUT2D eigenvalue weighted by molar-refractivity contribution is 0.142. The molecule has 2 heteroatoms. The van der Waals surface area contributed by atoms with Gasteiger partial charge in [-0.05, 0) is 32.7 Å². The first-order valence-corrected chi connectivity index (χ1v) is 6.12. The van der Waals surface area contributed by atoms with Crippen molar-refractivity contribution in [2.75, 3.05) is 7.05 Å². The quantitative estimate of drug-likeness (QED) is 0.691. The number of rotatable bonds is 2. The molecule has 0 aliphatic heterocycles. The standard InChI is InChI=1S/C13H20N2/c1-15(12-5-3-2-4-6-12)13-8-7-11(9-13)10-14/h7,12-13H,2-6,8-9H2,1H3. The minimum absolute atomic E-state index is 0.600. The van der Waals surface area contributed by atoms with Crippen molar-refractivity contribution in [1.82, 2.24) is 4.90 Å². The number of nitrogens with zero attached hydrogens (tertiary/aromatic N) is 2. The number of hydrogen-bond donors (Lipinski definition) is 0. The van der Waals surface area contributed by atoms with Crippen molar-refractivity contribution in [3.63, 3.8) is 0 Å². The zero-order chi connectivity index (χ0) is 10.7. The van der Waals surface area contributed by atoms with Crippen LogP contribution in [0.4, 0.5) is 0 Å². The maximum atomic E-state index is 8.84. The first kappa shape index (κ1) is 10.7. The molecule has 1 saturated carbocycles. The molecule has 2 aliphatic carbocycles. The predicted octanol–water partition coefficient (Wildman–Crippen LogP) is 2.86. The Labute approximate surface area is 92.6 Å². The van der Waals surface area contributed by atoms with E-state index >= 15 is 0 Å². The van der Waals surface area contributed by atoms with E-state index in [-0.39, 0.29) is 0 Å². The van der Waals surface area contributed by atoms with E-state index in [1.165, 1.54) is 32.1 Å². The second-order valence-electron chi connectivity index (χ2n) is 4.89. The molecule has 2 rings (SSSR count). The van der Waals surface area contributed by atoms with Crippen LogP contribution in [0.5, 0.6) is 0 Å². The topological polar surface area (TPSA) is 27.0 Å². The second-order valence-corrected chi connectivity index (χ2v) is 4.89. The van der Waals surface area contributed by atoms with E-state index in [2.05, 4.69) is 24.1 Å². The Kier molecular flexibility index (Phi) is 3.43. The van der Waals surface area contributed by atoms with Crippen LogP contribution in [-0.4, -0.2) is 24.0 Å². The molecule has 0 saturated heterocycles. The smallest absolute Gasteiger partial charge is 0.0944 e. The molecule has 0 N–H and O–H groups in total. The highest BCUT2D eigenvalue weighted by Gasteiger charge is 2.27. The van der Waals surface area contributed by atoms with Crippen LogP contribution in [0.1, 0.15) is 44.9 Å². The van der Waals surface area contributed by atoms with Crippen LogP contribution in [-0.2, 0) is 0 Å². The summed E-state index contributed by atoms with van der Waals surface area (Å²) >= 11 is 0. The van der Waals surface area contributed by atoms with Gasteiger partial charge >= 0.3 is 0 Å². The van der Waals surface area contributed by atoms with Crippen molar-refractivity contribution in [1.29, 1.82) is 5.26 Å². The lowest BCUT2D eigenvalue weighted by Crippen LogP contribution is -2.40. The van der Waals surface area contributed by atoms with Gasteiger partial charge < -0.3 is 0 Å². The first-order chi connectivity index (χ1) is 7.31. The van der Waals surface area contributed by atoms with Gasteiger partial charge in [-0.3, -0.25) is 4.90 Å². The molecule has 1 fully saturated rings. The second kappa shape index (κ2) is 4.81. The van der Waals surface area contributed by atoms with Crippen LogP contribution in [0.15, 0.2) is 11.6 Å². The highest BCUT2D eigenvalue weighted by molar-refractivity contribution is 5.26. The monoisotopic (exact) mass is 204 g/mol. The van der Waals surface area contributed by atoms with Gasteiger partial charge in [-0.1, -0.05) is 25.3 Å². The molecule has 0 aromatic heterocycles. The third-order valence-corrected chi connectivity index (χ3v) is 3.96. The van der Waals surface area contributed by atoms with Gasteiger partial charge in [0, 0.05) is 17.7 Å². The molecule has 0 spiro atoms. The molecule has 1 unspecified atom stereocenters. The van der Waals surface area contributed by atoms with Gasteiger partial charge in [0.05, 0.1) is 6.07 Å². The summed E-state index contributed by atoms with van der Waals surface area (Å²) in [6.45, 7) is 0. The summed E-state index contributed by atoms with van der Waals surface area (Å²) in [4.78, 5) is 2.53. The van der Waals surface area contributed by atoms with Gasteiger partial charge in [0.25, 0.3) is 0 Å². The molecule has 2 nitrogen and oxygen atoms in total. The Morgan fingerprint density at radius 2 is 2.00 bits per heavy atom. The fourth-order valence-electron chi connectivity index (χ4n) is 2.89. The predicted molar refractivity (Wildman–Crippen MR) is 61.4 cm³/mol. The summed E-state index contributed by atoms with van der Waals surface area (Å²) in [5, 5.41) is 8.84. The summed E-state index contributed by atoms with van der Waals surface area (Å²) in [6, 6.07) is 3.66. The maximum Gasteiger partial charge on any atom is 0.0944 e. The van der Waals surface area contributed by atoms with Crippen molar-refractivity contribution in [3.05, 3.63) is 11.6 Å². The molecular formula is C13H20N2. The summed E-state index contributed by atoms with van der Waals surface area (Å²) in [7, 11) is 2.24. The minimum atomic E-state index is 0.600. The molecule has 0 bridgehead atoms. The number of hydrogen-bond acceptors (Lipinski definition) is 2. The van der Waals surface area contributed by atoms with Crippen LogP contribution in [0.3, 0.4) is 0 Å². The fourth-order valence-corrected chi connectivity index (χ4v) is 2.89. The molecule has 82 valence electrons. The molecule has 0 heterocycles. The highest BCUT2D eigenvalue weighted by Crippen LogP contribution is 2.28. The molecular weight excluding hydrogens is 184 g/mol. The SMILES string of the molecule is CN(C1CCCCC1)C1CC=C(C#N)C1. The largest absolute Gasteiger partial charge is 0.300 e. The minimum Gasteiger partial charge on any atom is -0.300 e. The van der Waals surface area contributed by atoms with Crippen molar-refractivity contribution in [3.8, 4) is 6.07 Å². The van der Waals surface area contributed by atoms with Crippen molar-refractivity contribution >= 4 is 0 Å². The molecule has 2 aliphatic rings. The Balaban J connectivity index is 1.87. The Bertz CT molecular complexity index is 281. The van der Waals surface area contributed by atoms with Gasteiger partial charge in [0.2, 0.25) is 0 Å². The zero-order valence-corrected chi connectivity index (χ0v) is 9.58. The van der Waals surface area contributed by atoms with E-state index in [1.807, 2.05) is 0 Å². The van der Waals surface area contributed by atoms with Crippen LogP contribution in [0.2, 0.25) is 0 Å². The van der Waals surface area contributed by atoms with Gasteiger partial charge in [-0.15, -0.1) is 0 Å². The Hall–Kier alpha value is -0.810. The number of nitriles is 1. The van der Waals surface area contributed by atoms with Crippen LogP contribution >= 0.6 is 0 Å². The molecule has 1 atom stereocenters. The van der Waals surface area contributed by atoms with Crippen LogP contribution in [0.25, 0.3) is 0 Å². The van der Waals surface area contributed by atoms with Crippen molar-refractivity contribution in [2.45, 2.75) is 57.0 Å². The molecule has 0 amide bonds. The van der Waals surface area contributed by atoms with E-state index < -0.39 is 0 Å². The highest BCUT2D eigenvalue weighted by atomic mass is 15.2. The van der Waals surface area contributed by atoms with Crippen LogP contribution in [0, 0.1) is 11.3 Å². The van der Waals surface area contributed by atoms with Gasteiger partial charge in [0.15, 0.2) is 0 Å². The summed E-state index contributed by atoms with van der Waals surface area (Å²) in [5.74, 6) is 0. The van der Waals surface area contributed by atoms with Crippen LogP contribution < -0.4 is 0 Å². The lowest BCUT2D eigenvalue weighted by atomic mass is 9.93. The summed E-state index contributed by atoms with van der Waals surface area (Å²) in [6.07, 6.45) is 11.1. The third kappa shape index (κ3) is 2.41. The molecule has 0 aromatic carbocycles. The van der Waals surface area contributed by atoms with Crippen molar-refractivity contribution in [2.24, 2.45) is 0 Å². The molecule has 0 radical (unpaired) electrons. The average molecular weight is 204 g/mol. The average Bonchev–Trinajstić information content (AvgIpc) is 2.78. The van der Waals surface area contributed by atoms with Gasteiger partial charge in [-0.2, -0.15) is 5.26 Å². The maximum absolute atomic E-state index is 8.84. The normalized spacial score (nSPS) is 27.8. The lowest BCUT2D eigenvalue weighted by Gasteiger charge is -2.35. The molecule has 0 aromatic rings. The van der Waals surface area contributed by atoms with E-state index in [0.29, 0.717) is 6.04 Å². The van der Waals surface area contributed by atoms with Gasteiger partial charge in [-0.25, -0.2) is 0 Å². The summed E-state index contributed by atoms with van der Waals surface area (Å²) in [5.41, 5.74) is 0.989. The zero-order valence-electron chi connectivity index (χ0n) is 9.58. The van der Waals surface area contributed by atoms with E-state index in [9.17, 15) is 0 Å². The first-order valence-electron chi connectivity index (χ1n) is 6.12. The summed E-state index contributed by atoms with van der Waals surface area (Å²) < 4.78 is 0. The van der Waals surface area contributed by atoms with Gasteiger partial charge in [0.1, 0.15) is 0 Å². The van der Waals surface area contributed by atoms with E-state index in [4.69, 9.17) is 5.26 Å². The van der Waals surface area contributed by atoms with E-state index in [0.717, 1.165) is 24.5 Å². The van der Waals surface area contributed by atoms with E-state index in [1.54, 1.807) is 0 Å². The fraction of sp³-hybridized carbons (Fsp3) is 0.769. The Morgan fingerprint density at radius 1 is 1.27 bits per heavy atom. The molecule has 15 heavy (non-hydrogen) atoms.